The number of benzene rings is 1. The molecule has 7 heteroatoms. The van der Waals surface area contributed by atoms with Gasteiger partial charge in [-0.05, 0) is 37.5 Å². The van der Waals surface area contributed by atoms with E-state index in [4.69, 9.17) is 10.5 Å². The topological polar surface area (TPSA) is 102 Å². The van der Waals surface area contributed by atoms with Crippen molar-refractivity contribution in [2.24, 2.45) is 0 Å². The van der Waals surface area contributed by atoms with Gasteiger partial charge in [-0.3, -0.25) is 0 Å². The van der Waals surface area contributed by atoms with Crippen LogP contribution in [0.25, 0.3) is 10.9 Å². The number of hydrogen-bond acceptors (Lipinski definition) is 6. The van der Waals surface area contributed by atoms with Crippen molar-refractivity contribution in [3.63, 3.8) is 0 Å². The molecular weight excluding hydrogens is 308 g/mol. The second-order valence-corrected chi connectivity index (χ2v) is 6.02. The average molecular weight is 330 g/mol. The van der Waals surface area contributed by atoms with E-state index in [1.165, 1.54) is 6.07 Å². The molecule has 2 aromatic rings. The summed E-state index contributed by atoms with van der Waals surface area (Å²) in [5.74, 6) is -0.0925. The Labute approximate surface area is 140 Å². The first kappa shape index (κ1) is 16.4. The fourth-order valence-corrected chi connectivity index (χ4v) is 3.05. The second-order valence-electron chi connectivity index (χ2n) is 6.02. The third-order valence-electron chi connectivity index (χ3n) is 4.18. The summed E-state index contributed by atoms with van der Waals surface area (Å²) in [5.41, 5.74) is 6.72. The summed E-state index contributed by atoms with van der Waals surface area (Å²) in [7, 11) is 0. The lowest BCUT2D eigenvalue weighted by Gasteiger charge is -2.34. The van der Waals surface area contributed by atoms with Crippen LogP contribution in [0.5, 0.6) is 0 Å². The highest BCUT2D eigenvalue weighted by Crippen LogP contribution is 2.28. The number of aromatic carboxylic acids is 1. The number of nitrogens with zero attached hydrogens (tertiary/aromatic N) is 3. The van der Waals surface area contributed by atoms with E-state index in [0.29, 0.717) is 16.7 Å². The van der Waals surface area contributed by atoms with Crippen LogP contribution in [0.4, 0.5) is 11.8 Å². The lowest BCUT2D eigenvalue weighted by molar-refractivity contribution is 0.0439. The number of rotatable bonds is 5. The molecule has 1 saturated heterocycles. The van der Waals surface area contributed by atoms with Gasteiger partial charge in [0.05, 0.1) is 17.2 Å². The van der Waals surface area contributed by atoms with E-state index in [2.05, 4.69) is 21.8 Å². The second kappa shape index (κ2) is 7.00. The van der Waals surface area contributed by atoms with Crippen LogP contribution in [0.15, 0.2) is 18.2 Å². The van der Waals surface area contributed by atoms with Gasteiger partial charge in [-0.25, -0.2) is 9.78 Å². The molecule has 24 heavy (non-hydrogen) atoms. The SMILES string of the molecule is CCCO[C@@H]1CCCN(c2nc(N)nc3ccc(C(=O)O)cc23)C1. The molecule has 128 valence electrons. The first-order chi connectivity index (χ1) is 11.6. The molecule has 0 unspecified atom stereocenters. The summed E-state index contributed by atoms with van der Waals surface area (Å²) in [6.07, 6.45) is 3.17. The molecule has 1 atom stereocenters. The molecule has 3 N–H and O–H groups in total. The zero-order valence-electron chi connectivity index (χ0n) is 13.7. The van der Waals surface area contributed by atoms with Crippen LogP contribution in [0.2, 0.25) is 0 Å². The monoisotopic (exact) mass is 330 g/mol. The van der Waals surface area contributed by atoms with Gasteiger partial charge in [0.15, 0.2) is 0 Å². The highest BCUT2D eigenvalue weighted by molar-refractivity contribution is 5.97. The predicted octanol–water partition coefficient (Wildman–Crippen LogP) is 2.31. The van der Waals surface area contributed by atoms with E-state index in [1.54, 1.807) is 12.1 Å². The van der Waals surface area contributed by atoms with Crippen LogP contribution < -0.4 is 10.6 Å². The van der Waals surface area contributed by atoms with E-state index in [-0.39, 0.29) is 17.6 Å². The number of aromatic nitrogens is 2. The highest BCUT2D eigenvalue weighted by atomic mass is 16.5. The number of piperidine rings is 1. The van der Waals surface area contributed by atoms with Gasteiger partial charge in [0.25, 0.3) is 0 Å². The van der Waals surface area contributed by atoms with Crippen molar-refractivity contribution in [3.05, 3.63) is 23.8 Å². The van der Waals surface area contributed by atoms with Crippen molar-refractivity contribution in [2.75, 3.05) is 30.3 Å². The minimum atomic E-state index is -0.970. The number of nitrogen functional groups attached to an aromatic ring is 1. The first-order valence-corrected chi connectivity index (χ1v) is 8.25. The number of hydrogen-bond donors (Lipinski definition) is 2. The Kier molecular flexibility index (Phi) is 4.80. The van der Waals surface area contributed by atoms with Gasteiger partial charge in [0, 0.05) is 25.1 Å². The molecule has 7 nitrogen and oxygen atoms in total. The van der Waals surface area contributed by atoms with Gasteiger partial charge in [0.1, 0.15) is 5.82 Å². The number of nitrogens with two attached hydrogens (primary N) is 1. The molecule has 0 saturated carbocycles. The molecule has 1 aliphatic heterocycles. The summed E-state index contributed by atoms with van der Waals surface area (Å²) >= 11 is 0. The Bertz CT molecular complexity index is 750. The Balaban J connectivity index is 1.97. The van der Waals surface area contributed by atoms with Gasteiger partial charge in [-0.1, -0.05) is 6.92 Å². The third kappa shape index (κ3) is 3.41. The fourth-order valence-electron chi connectivity index (χ4n) is 3.05. The molecular formula is C17H22N4O3. The van der Waals surface area contributed by atoms with Crippen molar-refractivity contribution in [2.45, 2.75) is 32.3 Å². The van der Waals surface area contributed by atoms with Crippen molar-refractivity contribution < 1.29 is 14.6 Å². The lowest BCUT2D eigenvalue weighted by Crippen LogP contribution is -2.40. The van der Waals surface area contributed by atoms with Crippen molar-refractivity contribution in [1.82, 2.24) is 9.97 Å². The molecule has 2 heterocycles. The van der Waals surface area contributed by atoms with E-state index >= 15 is 0 Å². The fraction of sp³-hybridized carbons (Fsp3) is 0.471. The predicted molar refractivity (Wildman–Crippen MR) is 92.4 cm³/mol. The average Bonchev–Trinajstić information content (AvgIpc) is 2.59. The number of anilines is 2. The van der Waals surface area contributed by atoms with Gasteiger partial charge < -0.3 is 20.5 Å². The van der Waals surface area contributed by atoms with E-state index in [1.807, 2.05) is 0 Å². The Morgan fingerprint density at radius 2 is 2.29 bits per heavy atom. The van der Waals surface area contributed by atoms with Crippen molar-refractivity contribution in [1.29, 1.82) is 0 Å². The largest absolute Gasteiger partial charge is 0.478 e. The van der Waals surface area contributed by atoms with Crippen LogP contribution in [0.3, 0.4) is 0 Å². The molecule has 0 bridgehead atoms. The number of fused-ring (bicyclic) bond motifs is 1. The number of carboxylic acids is 1. The summed E-state index contributed by atoms with van der Waals surface area (Å²) in [4.78, 5) is 22.0. The smallest absolute Gasteiger partial charge is 0.335 e. The van der Waals surface area contributed by atoms with Crippen molar-refractivity contribution in [3.8, 4) is 0 Å². The molecule has 1 fully saturated rings. The van der Waals surface area contributed by atoms with Gasteiger partial charge in [-0.2, -0.15) is 4.98 Å². The van der Waals surface area contributed by atoms with Crippen LogP contribution in [-0.2, 0) is 4.74 Å². The van der Waals surface area contributed by atoms with Gasteiger partial charge in [-0.15, -0.1) is 0 Å². The van der Waals surface area contributed by atoms with Gasteiger partial charge in [0.2, 0.25) is 5.95 Å². The maximum absolute atomic E-state index is 11.3. The maximum Gasteiger partial charge on any atom is 0.335 e. The van der Waals surface area contributed by atoms with Crippen LogP contribution in [-0.4, -0.2) is 46.8 Å². The highest BCUT2D eigenvalue weighted by Gasteiger charge is 2.23. The zero-order valence-corrected chi connectivity index (χ0v) is 13.7. The lowest BCUT2D eigenvalue weighted by atomic mass is 10.1. The zero-order chi connectivity index (χ0) is 17.1. The molecule has 0 aliphatic carbocycles. The molecule has 1 aliphatic rings. The van der Waals surface area contributed by atoms with Crippen LogP contribution in [0, 0.1) is 0 Å². The summed E-state index contributed by atoms with van der Waals surface area (Å²) < 4.78 is 5.88. The Morgan fingerprint density at radius 1 is 1.46 bits per heavy atom. The van der Waals surface area contributed by atoms with E-state index in [0.717, 1.165) is 39.0 Å². The molecule has 3 rings (SSSR count). The third-order valence-corrected chi connectivity index (χ3v) is 4.18. The minimum absolute atomic E-state index is 0.160. The van der Waals surface area contributed by atoms with E-state index in [9.17, 15) is 9.90 Å². The minimum Gasteiger partial charge on any atom is -0.478 e. The molecule has 1 aromatic heterocycles. The quantitative estimate of drug-likeness (QED) is 0.867. The molecule has 0 amide bonds. The number of ether oxygens (including phenoxy) is 1. The Morgan fingerprint density at radius 3 is 3.04 bits per heavy atom. The normalized spacial score (nSPS) is 18.0. The standard InChI is InChI=1S/C17H22N4O3/c1-2-8-24-12-4-3-7-21(10-12)15-13-9-11(16(22)23)5-6-14(13)19-17(18)20-15/h5-6,9,12H,2-4,7-8,10H2,1H3,(H,22,23)(H2,18,19,20)/t12-/m1/s1. The maximum atomic E-state index is 11.3. The molecule has 1 aromatic carbocycles. The van der Waals surface area contributed by atoms with Crippen LogP contribution >= 0.6 is 0 Å². The van der Waals surface area contributed by atoms with Crippen molar-refractivity contribution >= 4 is 28.6 Å². The molecule has 0 spiro atoms. The number of carbonyl (C=O) groups is 1. The van der Waals surface area contributed by atoms with E-state index < -0.39 is 5.97 Å². The number of carboxylic acid groups (broad SMARTS) is 1. The molecule has 0 radical (unpaired) electrons. The Hall–Kier alpha value is -2.41. The van der Waals surface area contributed by atoms with Crippen LogP contribution in [0.1, 0.15) is 36.5 Å². The summed E-state index contributed by atoms with van der Waals surface area (Å²) in [6.45, 7) is 4.40. The summed E-state index contributed by atoms with van der Waals surface area (Å²) in [6, 6.07) is 4.82. The first-order valence-electron chi connectivity index (χ1n) is 8.25. The van der Waals surface area contributed by atoms with Gasteiger partial charge >= 0.3 is 5.97 Å². The summed E-state index contributed by atoms with van der Waals surface area (Å²) in [5, 5.41) is 9.95.